The third kappa shape index (κ3) is 7.51. The molecule has 0 amide bonds. The van der Waals surface area contributed by atoms with Gasteiger partial charge in [0.1, 0.15) is 17.7 Å². The van der Waals surface area contributed by atoms with Gasteiger partial charge in [0.15, 0.2) is 5.78 Å². The highest BCUT2D eigenvalue weighted by molar-refractivity contribution is 6.02. The zero-order chi connectivity index (χ0) is 55.9. The summed E-state index contributed by atoms with van der Waals surface area (Å²) in [4.78, 5) is 50.3. The fourth-order valence-corrected chi connectivity index (χ4v) is 22.2. The zero-order valence-corrected chi connectivity index (χ0v) is 49.2. The van der Waals surface area contributed by atoms with Crippen LogP contribution in [0.15, 0.2) is 35.7 Å². The van der Waals surface area contributed by atoms with E-state index in [1.165, 1.54) is 24.8 Å². The molecule has 11 aliphatic rings. The number of hydrogen-bond acceptors (Lipinski definition) is 10. The lowest BCUT2D eigenvalue weighted by atomic mass is 9.29. The number of fused-ring (bicyclic) bond motifs is 7. The molecule has 0 bridgehead atoms. The normalized spacial score (nSPS) is 42.6. The molecular formula is C68H93N3O9. The zero-order valence-electron chi connectivity index (χ0n) is 49.2. The number of benzene rings is 1. The average molecular weight is 1100 g/mol. The molecule has 12 heteroatoms. The molecule has 2 saturated heterocycles. The highest BCUT2D eigenvalue weighted by Crippen LogP contribution is 2.81. The van der Waals surface area contributed by atoms with Gasteiger partial charge in [-0.25, -0.2) is 0 Å². The van der Waals surface area contributed by atoms with E-state index in [1.54, 1.807) is 0 Å². The van der Waals surface area contributed by atoms with E-state index >= 15 is 14.4 Å². The molecule has 8 aliphatic carbocycles. The molecule has 5 heterocycles. The van der Waals surface area contributed by atoms with Crippen molar-refractivity contribution in [3.63, 3.8) is 0 Å². The number of aliphatic hydroxyl groups is 4. The number of epoxide rings is 1. The van der Waals surface area contributed by atoms with E-state index < -0.39 is 73.8 Å². The van der Waals surface area contributed by atoms with Crippen molar-refractivity contribution in [2.24, 2.45) is 50.2 Å². The first kappa shape index (κ1) is 54.4. The van der Waals surface area contributed by atoms with E-state index in [0.717, 1.165) is 108 Å². The Morgan fingerprint density at radius 3 is 2.31 bits per heavy atom. The van der Waals surface area contributed by atoms with Crippen molar-refractivity contribution in [3.8, 4) is 0 Å². The number of aliphatic hydroxyl groups excluding tert-OH is 3. The number of carbonyl (C=O) groups is 3. The van der Waals surface area contributed by atoms with Gasteiger partial charge in [0, 0.05) is 98.2 Å². The van der Waals surface area contributed by atoms with Crippen LogP contribution in [-0.2, 0) is 48.8 Å². The van der Waals surface area contributed by atoms with E-state index in [9.17, 15) is 20.4 Å². The lowest BCUT2D eigenvalue weighted by Gasteiger charge is -2.75. The topological polar surface area (TPSA) is 187 Å². The molecule has 6 N–H and O–H groups in total. The van der Waals surface area contributed by atoms with Crippen LogP contribution < -0.4 is 5.32 Å². The molecule has 6 saturated carbocycles. The molecule has 14 rings (SSSR count). The number of aromatic amines is 1. The number of Topliss-reactive ketones (excluding diaryl/α,β-unsaturated/α-hetero) is 3. The number of aromatic nitrogens is 2. The molecule has 8 fully saturated rings. The lowest BCUT2D eigenvalue weighted by Crippen LogP contribution is -2.73. The molecule has 0 radical (unpaired) electrons. The molecule has 12 nitrogen and oxygen atoms in total. The van der Waals surface area contributed by atoms with E-state index in [4.69, 9.17) is 9.47 Å². The van der Waals surface area contributed by atoms with Crippen LogP contribution in [0.25, 0.3) is 11.0 Å². The van der Waals surface area contributed by atoms with Crippen LogP contribution in [-0.4, -0.2) is 104 Å². The summed E-state index contributed by atoms with van der Waals surface area (Å²) in [7, 11) is 2.04. The van der Waals surface area contributed by atoms with E-state index in [1.807, 2.05) is 20.9 Å². The van der Waals surface area contributed by atoms with Gasteiger partial charge >= 0.3 is 0 Å². The number of nitrogens with zero attached hydrogens (tertiary/aromatic N) is 1. The highest BCUT2D eigenvalue weighted by atomic mass is 16.6. The van der Waals surface area contributed by atoms with Gasteiger partial charge in [-0.05, 0) is 184 Å². The summed E-state index contributed by atoms with van der Waals surface area (Å²) in [6.07, 6.45) is 19.0. The summed E-state index contributed by atoms with van der Waals surface area (Å²) < 4.78 is 14.4. The summed E-state index contributed by atoms with van der Waals surface area (Å²) in [5, 5.41) is 54.9. The van der Waals surface area contributed by atoms with Crippen molar-refractivity contribution in [2.45, 2.75) is 249 Å². The second-order valence-corrected chi connectivity index (χ2v) is 30.4. The molecule has 0 unspecified atom stereocenters. The lowest BCUT2D eigenvalue weighted by molar-refractivity contribution is -0.267. The van der Waals surface area contributed by atoms with Crippen molar-refractivity contribution >= 4 is 28.4 Å². The number of aryl methyl sites for hydroxylation is 1. The quantitative estimate of drug-likeness (QED) is 0.124. The Kier molecular flexibility index (Phi) is 12.6. The molecular weight excluding hydrogens is 1000 g/mol. The average Bonchev–Trinajstić information content (AvgIpc) is 1.25. The first-order chi connectivity index (χ1) is 38.1. The van der Waals surface area contributed by atoms with Gasteiger partial charge in [0.05, 0.1) is 46.5 Å². The number of allylic oxidation sites excluding steroid dienone is 1. The van der Waals surface area contributed by atoms with Gasteiger partial charge in [0.2, 0.25) is 0 Å². The molecule has 15 atom stereocenters. The highest BCUT2D eigenvalue weighted by Gasteiger charge is 2.78. The maximum atomic E-state index is 15.9. The SMILES string of the molecule is CN[C@H]1CCC[C@@]2(C1)C(=O)C[C@]1(CC[C@H](O)C1)[C@@]1(C)[C@H]3[C@H](O)[C@H]4Cn5cc([C@H]6C(=O)CCc7c6cc(C6CCCCC6)cc7C6(O)CCOCC6)c6[nH]cc(c65)CC[C@@](C)(C[C@@H](O)[C@H]5OC5(C)C)C5=C4[C@](C)(CC5=O)[C@@]3(C)CC[C@@H]21. The summed E-state index contributed by atoms with van der Waals surface area (Å²) >= 11 is 0. The minimum atomic E-state index is -1.04. The second-order valence-electron chi connectivity index (χ2n) is 30.4. The number of ketones is 3. The third-order valence-corrected chi connectivity index (χ3v) is 26.3. The third-order valence-electron chi connectivity index (χ3n) is 26.3. The van der Waals surface area contributed by atoms with Crippen molar-refractivity contribution in [1.29, 1.82) is 0 Å². The van der Waals surface area contributed by atoms with Gasteiger partial charge in [-0.3, -0.25) is 14.4 Å². The first-order valence-corrected chi connectivity index (χ1v) is 32.0. The van der Waals surface area contributed by atoms with Crippen molar-refractivity contribution in [3.05, 3.63) is 69.1 Å². The van der Waals surface area contributed by atoms with Crippen LogP contribution in [0, 0.1) is 50.2 Å². The number of nitrogens with one attached hydrogen (secondary N) is 2. The summed E-state index contributed by atoms with van der Waals surface area (Å²) in [5.41, 5.74) is 5.06. The molecule has 1 aromatic carbocycles. The Hall–Kier alpha value is -3.49. The first-order valence-electron chi connectivity index (χ1n) is 32.0. The summed E-state index contributed by atoms with van der Waals surface area (Å²) in [6.45, 7) is 14.9. The molecule has 2 spiro atoms. The monoisotopic (exact) mass is 1100 g/mol. The summed E-state index contributed by atoms with van der Waals surface area (Å²) in [6, 6.07) is 4.89. The Balaban J connectivity index is 0.968. The Bertz CT molecular complexity index is 3080. The van der Waals surface area contributed by atoms with Gasteiger partial charge < -0.3 is 44.8 Å². The van der Waals surface area contributed by atoms with E-state index in [-0.39, 0.29) is 35.5 Å². The fraction of sp³-hybridized carbons (Fsp3) is 0.750. The van der Waals surface area contributed by atoms with Gasteiger partial charge in [-0.1, -0.05) is 65.5 Å². The van der Waals surface area contributed by atoms with Crippen molar-refractivity contribution < 1.29 is 44.3 Å². The molecule has 2 aromatic heterocycles. The minimum Gasteiger partial charge on any atom is -0.393 e. The van der Waals surface area contributed by atoms with Crippen molar-refractivity contribution in [2.75, 3.05) is 20.3 Å². The second kappa shape index (κ2) is 18.5. The number of carbonyl (C=O) groups excluding carboxylic acids is 3. The van der Waals surface area contributed by atoms with E-state index in [0.29, 0.717) is 102 Å². The van der Waals surface area contributed by atoms with Crippen LogP contribution in [0.5, 0.6) is 0 Å². The number of ether oxygens (including phenoxy) is 2. The van der Waals surface area contributed by atoms with Crippen LogP contribution in [0.2, 0.25) is 0 Å². The van der Waals surface area contributed by atoms with Crippen LogP contribution in [0.4, 0.5) is 0 Å². The molecule has 3 aromatic rings. The van der Waals surface area contributed by atoms with Gasteiger partial charge in [-0.15, -0.1) is 0 Å². The predicted octanol–water partition coefficient (Wildman–Crippen LogP) is 10.5. The number of rotatable bonds is 7. The smallest absolute Gasteiger partial charge is 0.160 e. The largest absolute Gasteiger partial charge is 0.393 e. The van der Waals surface area contributed by atoms with Crippen molar-refractivity contribution in [1.82, 2.24) is 14.9 Å². The fourth-order valence-electron chi connectivity index (χ4n) is 22.2. The number of hydrogen-bond donors (Lipinski definition) is 6. The minimum absolute atomic E-state index is 0.000828. The molecule has 3 aliphatic heterocycles. The summed E-state index contributed by atoms with van der Waals surface area (Å²) in [5.74, 6) is -0.363. The maximum Gasteiger partial charge on any atom is 0.160 e. The Morgan fingerprint density at radius 1 is 0.838 bits per heavy atom. The van der Waals surface area contributed by atoms with Gasteiger partial charge in [-0.2, -0.15) is 0 Å². The predicted molar refractivity (Wildman–Crippen MR) is 306 cm³/mol. The Labute approximate surface area is 474 Å². The molecule has 80 heavy (non-hydrogen) atoms. The van der Waals surface area contributed by atoms with E-state index in [2.05, 4.69) is 67.1 Å². The van der Waals surface area contributed by atoms with Crippen LogP contribution >= 0.6 is 0 Å². The standard InChI is InChI=1S/C68H93N3O9/c1-61(2)60(80-61)50(75)32-62(3)21-17-39-35-70-56-45(53-44-28-40(38-12-9-8-10-13-38)29-47(43(44)15-16-48(53)73)68(78)24-26-79-27-25-68)36-71(57(39)56)37-46-54-55(62)49(74)33-64(54,5)63(4)22-19-51-65(6,59(63)58(46)77)66(23-18-42(72)31-66)34-52(76)67(51)20-11-14-41(30-67)69-7/h28-29,35-36,38,41-42,46,50-51,53,58-60,69-70,72,75,77-78H,8-27,30-34,37H2,1-7H3/t41-,42-,46-,50+,51+,53-,58+,59-,60+,62-,63-,64-,65+,66+,67-/m0/s1. The van der Waals surface area contributed by atoms with Gasteiger partial charge in [0.25, 0.3) is 0 Å². The molecule has 434 valence electrons. The number of H-pyrrole nitrogens is 1. The van der Waals surface area contributed by atoms with Crippen LogP contribution in [0.3, 0.4) is 0 Å². The van der Waals surface area contributed by atoms with Crippen LogP contribution in [0.1, 0.15) is 222 Å². The maximum absolute atomic E-state index is 15.9. The Morgan fingerprint density at radius 2 is 1.60 bits per heavy atom.